The summed E-state index contributed by atoms with van der Waals surface area (Å²) < 4.78 is 5.48. The lowest BCUT2D eigenvalue weighted by molar-refractivity contribution is -0.140. The van der Waals surface area contributed by atoms with E-state index in [4.69, 9.17) is 4.42 Å². The SMILES string of the molecule is CCC1(c2ccccc2)NC(=O)N(CC(=O)N2N=C(c3ccco3)CC2c2cccs2)C1=O. The van der Waals surface area contributed by atoms with E-state index in [9.17, 15) is 14.4 Å². The quantitative estimate of drug-likeness (QED) is 0.563. The highest BCUT2D eigenvalue weighted by Gasteiger charge is 2.52. The first kappa shape index (κ1) is 21.1. The molecule has 0 radical (unpaired) electrons. The third kappa shape index (κ3) is 3.54. The molecule has 168 valence electrons. The molecule has 3 aromatic rings. The fourth-order valence-electron chi connectivity index (χ4n) is 4.37. The number of carbonyl (C=O) groups is 3. The Morgan fingerprint density at radius 1 is 1.18 bits per heavy atom. The zero-order valence-corrected chi connectivity index (χ0v) is 18.7. The van der Waals surface area contributed by atoms with Crippen molar-refractivity contribution in [2.24, 2.45) is 5.10 Å². The van der Waals surface area contributed by atoms with Crippen molar-refractivity contribution in [3.63, 3.8) is 0 Å². The third-order valence-corrected chi connectivity index (χ3v) is 7.08. The maximum absolute atomic E-state index is 13.4. The van der Waals surface area contributed by atoms with E-state index >= 15 is 0 Å². The van der Waals surface area contributed by atoms with Crippen LogP contribution < -0.4 is 5.32 Å². The number of hydrazone groups is 1. The van der Waals surface area contributed by atoms with Crippen LogP contribution in [-0.2, 0) is 15.1 Å². The maximum atomic E-state index is 13.4. The highest BCUT2D eigenvalue weighted by atomic mass is 32.1. The summed E-state index contributed by atoms with van der Waals surface area (Å²) >= 11 is 1.53. The standard InChI is InChI=1S/C24H22N4O4S/c1-2-24(16-8-4-3-5-9-16)22(30)27(23(31)25-24)15-21(29)28-18(20-11-7-13-33-20)14-17(26-28)19-10-6-12-32-19/h3-13,18H,2,14-15H2,1H3,(H,25,31). The van der Waals surface area contributed by atoms with Gasteiger partial charge in [-0.05, 0) is 35.6 Å². The first-order valence-corrected chi connectivity index (χ1v) is 11.6. The molecule has 5 rings (SSSR count). The number of furan rings is 1. The molecule has 33 heavy (non-hydrogen) atoms. The lowest BCUT2D eigenvalue weighted by Crippen LogP contribution is -2.45. The Hall–Kier alpha value is -3.72. The molecular weight excluding hydrogens is 440 g/mol. The Labute approximate surface area is 194 Å². The summed E-state index contributed by atoms with van der Waals surface area (Å²) in [5.74, 6) is -0.272. The van der Waals surface area contributed by atoms with E-state index in [0.717, 1.165) is 9.78 Å². The predicted octanol–water partition coefficient (Wildman–Crippen LogP) is 3.88. The Bertz CT molecular complexity index is 1210. The van der Waals surface area contributed by atoms with Crippen molar-refractivity contribution in [3.8, 4) is 0 Å². The van der Waals surface area contributed by atoms with Gasteiger partial charge >= 0.3 is 6.03 Å². The molecule has 9 heteroatoms. The van der Waals surface area contributed by atoms with Gasteiger partial charge in [0.25, 0.3) is 11.8 Å². The number of rotatable bonds is 6. The molecule has 1 aromatic carbocycles. The van der Waals surface area contributed by atoms with Crippen LogP contribution in [0.4, 0.5) is 4.79 Å². The Morgan fingerprint density at radius 2 is 2.00 bits per heavy atom. The van der Waals surface area contributed by atoms with Gasteiger partial charge in [-0.15, -0.1) is 11.3 Å². The molecule has 1 saturated heterocycles. The van der Waals surface area contributed by atoms with Crippen LogP contribution in [0.25, 0.3) is 0 Å². The van der Waals surface area contributed by atoms with Gasteiger partial charge in [0.1, 0.15) is 23.6 Å². The van der Waals surface area contributed by atoms with Crippen molar-refractivity contribution in [2.75, 3.05) is 6.54 Å². The summed E-state index contributed by atoms with van der Waals surface area (Å²) in [5, 5.41) is 10.6. The van der Waals surface area contributed by atoms with Crippen LogP contribution in [0.15, 0.2) is 75.8 Å². The van der Waals surface area contributed by atoms with E-state index in [0.29, 0.717) is 29.9 Å². The molecule has 0 spiro atoms. The van der Waals surface area contributed by atoms with Crippen LogP contribution in [0.2, 0.25) is 0 Å². The smallest absolute Gasteiger partial charge is 0.325 e. The van der Waals surface area contributed by atoms with Crippen LogP contribution in [0.5, 0.6) is 0 Å². The minimum atomic E-state index is -1.18. The van der Waals surface area contributed by atoms with Gasteiger partial charge in [-0.3, -0.25) is 14.5 Å². The largest absolute Gasteiger partial charge is 0.463 e. The molecule has 0 saturated carbocycles. The summed E-state index contributed by atoms with van der Waals surface area (Å²) in [5.41, 5.74) is 0.159. The van der Waals surface area contributed by atoms with Crippen molar-refractivity contribution < 1.29 is 18.8 Å². The number of benzene rings is 1. The van der Waals surface area contributed by atoms with E-state index < -0.39 is 29.9 Å². The molecule has 2 aromatic heterocycles. The molecule has 2 atom stereocenters. The monoisotopic (exact) mass is 462 g/mol. The van der Waals surface area contributed by atoms with E-state index in [1.165, 1.54) is 16.3 Å². The maximum Gasteiger partial charge on any atom is 0.325 e. The normalized spacial score (nSPS) is 22.6. The zero-order chi connectivity index (χ0) is 23.0. The molecule has 1 fully saturated rings. The molecule has 2 aliphatic heterocycles. The number of amides is 4. The highest BCUT2D eigenvalue weighted by molar-refractivity contribution is 7.10. The molecular formula is C24H22N4O4S. The first-order valence-electron chi connectivity index (χ1n) is 10.7. The minimum Gasteiger partial charge on any atom is -0.463 e. The second-order valence-corrected chi connectivity index (χ2v) is 8.92. The van der Waals surface area contributed by atoms with Gasteiger partial charge in [0.2, 0.25) is 0 Å². The van der Waals surface area contributed by atoms with Crippen LogP contribution in [0.1, 0.15) is 42.0 Å². The Balaban J connectivity index is 1.42. The summed E-state index contributed by atoms with van der Waals surface area (Å²) in [6.07, 6.45) is 2.42. The Morgan fingerprint density at radius 3 is 2.67 bits per heavy atom. The summed E-state index contributed by atoms with van der Waals surface area (Å²) in [6, 6.07) is 15.6. The topological polar surface area (TPSA) is 95.2 Å². The van der Waals surface area contributed by atoms with Gasteiger partial charge in [0.05, 0.1) is 12.3 Å². The zero-order valence-electron chi connectivity index (χ0n) is 17.9. The fraction of sp³-hybridized carbons (Fsp3) is 0.250. The van der Waals surface area contributed by atoms with Gasteiger partial charge in [-0.2, -0.15) is 5.10 Å². The Kier molecular flexibility index (Phi) is 5.33. The number of hydrogen-bond donors (Lipinski definition) is 1. The van der Waals surface area contributed by atoms with Crippen molar-refractivity contribution >= 4 is 34.9 Å². The average molecular weight is 463 g/mol. The van der Waals surface area contributed by atoms with Crippen LogP contribution in [-0.4, -0.2) is 40.0 Å². The molecule has 4 amide bonds. The fourth-order valence-corrected chi connectivity index (χ4v) is 5.19. The number of thiophene rings is 1. The molecule has 8 nitrogen and oxygen atoms in total. The molecule has 0 aliphatic carbocycles. The van der Waals surface area contributed by atoms with E-state index in [1.54, 1.807) is 30.5 Å². The number of carbonyl (C=O) groups excluding carboxylic acids is 3. The van der Waals surface area contributed by atoms with Gasteiger partial charge < -0.3 is 9.73 Å². The molecule has 0 bridgehead atoms. The van der Waals surface area contributed by atoms with Gasteiger partial charge in [-0.1, -0.05) is 43.3 Å². The van der Waals surface area contributed by atoms with Crippen LogP contribution >= 0.6 is 11.3 Å². The average Bonchev–Trinajstić information content (AvgIpc) is 3.63. The third-order valence-electron chi connectivity index (χ3n) is 6.11. The van der Waals surface area contributed by atoms with Crippen molar-refractivity contribution in [1.29, 1.82) is 0 Å². The van der Waals surface area contributed by atoms with Crippen LogP contribution in [0, 0.1) is 0 Å². The second kappa shape index (κ2) is 8.32. The number of nitrogens with zero attached hydrogens (tertiary/aromatic N) is 3. The molecule has 1 N–H and O–H groups in total. The van der Waals surface area contributed by atoms with Crippen molar-refractivity contribution in [2.45, 2.75) is 31.3 Å². The van der Waals surface area contributed by atoms with Gasteiger partial charge in [0, 0.05) is 11.3 Å². The summed E-state index contributed by atoms with van der Waals surface area (Å²) in [6.45, 7) is 1.44. The minimum absolute atomic E-state index is 0.316. The highest BCUT2D eigenvalue weighted by Crippen LogP contribution is 2.36. The lowest BCUT2D eigenvalue weighted by atomic mass is 9.87. The van der Waals surface area contributed by atoms with Gasteiger partial charge in [-0.25, -0.2) is 9.80 Å². The van der Waals surface area contributed by atoms with Crippen molar-refractivity contribution in [3.05, 3.63) is 82.4 Å². The number of urea groups is 1. The molecule has 2 unspecified atom stereocenters. The van der Waals surface area contributed by atoms with Crippen LogP contribution in [0.3, 0.4) is 0 Å². The van der Waals surface area contributed by atoms with E-state index in [2.05, 4.69) is 10.4 Å². The summed E-state index contributed by atoms with van der Waals surface area (Å²) in [7, 11) is 0. The lowest BCUT2D eigenvalue weighted by Gasteiger charge is -2.26. The summed E-state index contributed by atoms with van der Waals surface area (Å²) in [4.78, 5) is 41.6. The van der Waals surface area contributed by atoms with E-state index in [-0.39, 0.29) is 6.04 Å². The van der Waals surface area contributed by atoms with Crippen molar-refractivity contribution in [1.82, 2.24) is 15.2 Å². The number of hydrogen-bond acceptors (Lipinski definition) is 6. The van der Waals surface area contributed by atoms with E-state index in [1.807, 2.05) is 42.6 Å². The molecule has 4 heterocycles. The first-order chi connectivity index (χ1) is 16.0. The predicted molar refractivity (Wildman–Crippen MR) is 122 cm³/mol. The molecule has 2 aliphatic rings. The number of imide groups is 1. The van der Waals surface area contributed by atoms with Gasteiger partial charge in [0.15, 0.2) is 0 Å². The second-order valence-electron chi connectivity index (χ2n) is 7.94. The number of nitrogens with one attached hydrogen (secondary N) is 1.